The van der Waals surface area contributed by atoms with Gasteiger partial charge >= 0.3 is 5.92 Å². The average Bonchev–Trinajstić information content (AvgIpc) is 2.59. The van der Waals surface area contributed by atoms with E-state index in [2.05, 4.69) is 10.3 Å². The zero-order valence-corrected chi connectivity index (χ0v) is 13.1. The number of ether oxygens (including phenoxy) is 1. The number of alkyl halides is 2. The molecule has 1 N–H and O–H groups in total. The molecule has 0 aliphatic heterocycles. The van der Waals surface area contributed by atoms with Crippen molar-refractivity contribution >= 4 is 5.91 Å². The number of aromatic nitrogens is 1. The summed E-state index contributed by atoms with van der Waals surface area (Å²) in [6.07, 6.45) is 1.19. The molecule has 2 rings (SSSR count). The van der Waals surface area contributed by atoms with E-state index in [0.29, 0.717) is 11.3 Å². The first-order valence-corrected chi connectivity index (χ1v) is 7.05. The van der Waals surface area contributed by atoms with E-state index in [1.807, 2.05) is 0 Å². The van der Waals surface area contributed by atoms with Crippen LogP contribution in [-0.2, 0) is 10.7 Å². The van der Waals surface area contributed by atoms with Gasteiger partial charge in [-0.2, -0.15) is 14.0 Å². The third-order valence-corrected chi connectivity index (χ3v) is 3.45. The topological polar surface area (TPSA) is 75.0 Å². The quantitative estimate of drug-likeness (QED) is 0.914. The van der Waals surface area contributed by atoms with Crippen molar-refractivity contribution in [3.8, 4) is 11.8 Å². The Morgan fingerprint density at radius 1 is 1.33 bits per heavy atom. The van der Waals surface area contributed by atoms with E-state index in [1.165, 1.54) is 38.4 Å². The second-order valence-electron chi connectivity index (χ2n) is 5.02. The molecule has 0 unspecified atom stereocenters. The lowest BCUT2D eigenvalue weighted by Gasteiger charge is -2.20. The number of amides is 1. The van der Waals surface area contributed by atoms with Gasteiger partial charge in [-0.15, -0.1) is 0 Å². The van der Waals surface area contributed by atoms with Gasteiger partial charge in [0.1, 0.15) is 17.5 Å². The summed E-state index contributed by atoms with van der Waals surface area (Å²) >= 11 is 0. The summed E-state index contributed by atoms with van der Waals surface area (Å²) in [5.41, 5.74) is -0.160. The van der Waals surface area contributed by atoms with Crippen LogP contribution in [0.1, 0.15) is 22.9 Å². The molecule has 7 heteroatoms. The number of rotatable bonds is 5. The normalized spacial score (nSPS) is 12.1. The first-order valence-electron chi connectivity index (χ1n) is 7.05. The minimum Gasteiger partial charge on any atom is -0.496 e. The second-order valence-corrected chi connectivity index (χ2v) is 5.02. The molecular formula is C17H15F2N3O2. The van der Waals surface area contributed by atoms with Crippen LogP contribution < -0.4 is 10.1 Å². The molecule has 1 atom stereocenters. The number of hydrogen-bond donors (Lipinski definition) is 1. The lowest BCUT2D eigenvalue weighted by molar-refractivity contribution is -0.148. The van der Waals surface area contributed by atoms with Crippen LogP contribution in [0.2, 0.25) is 0 Å². The number of halogens is 2. The van der Waals surface area contributed by atoms with Crippen LogP contribution in [-0.4, -0.2) is 18.0 Å². The van der Waals surface area contributed by atoms with Crippen molar-refractivity contribution in [2.24, 2.45) is 0 Å². The summed E-state index contributed by atoms with van der Waals surface area (Å²) < 4.78 is 33.9. The molecule has 0 fully saturated rings. The van der Waals surface area contributed by atoms with Crippen molar-refractivity contribution < 1.29 is 18.3 Å². The Bertz CT molecular complexity index is 787. The molecule has 0 aliphatic carbocycles. The number of pyridine rings is 1. The highest BCUT2D eigenvalue weighted by Crippen LogP contribution is 2.31. The molecule has 1 aromatic heterocycles. The fourth-order valence-corrected chi connectivity index (χ4v) is 2.23. The van der Waals surface area contributed by atoms with Gasteiger partial charge in [-0.05, 0) is 24.6 Å². The predicted octanol–water partition coefficient (Wildman–Crippen LogP) is 2.87. The predicted molar refractivity (Wildman–Crippen MR) is 82.4 cm³/mol. The second kappa shape index (κ2) is 7.04. The van der Waals surface area contributed by atoms with Gasteiger partial charge in [0.05, 0.1) is 13.2 Å². The summed E-state index contributed by atoms with van der Waals surface area (Å²) in [5.74, 6) is -5.13. The lowest BCUT2D eigenvalue weighted by Crippen LogP contribution is -2.40. The summed E-state index contributed by atoms with van der Waals surface area (Å²) in [4.78, 5) is 15.7. The number of benzene rings is 1. The molecule has 0 spiro atoms. The number of carbonyl (C=O) groups excluding carboxylic acids is 1. The van der Waals surface area contributed by atoms with Crippen LogP contribution >= 0.6 is 0 Å². The Balaban J connectivity index is 2.30. The number of nitrogens with zero attached hydrogens (tertiary/aromatic N) is 2. The van der Waals surface area contributed by atoms with Crippen molar-refractivity contribution in [3.05, 3.63) is 59.4 Å². The average molecular weight is 331 g/mol. The Labute approximate surface area is 137 Å². The molecule has 0 bridgehead atoms. The SMILES string of the molecule is COc1ccccc1[C@@H](C#N)NC(=O)C(F)(F)c1ncccc1C. The van der Waals surface area contributed by atoms with Crippen LogP contribution in [0.15, 0.2) is 42.6 Å². The molecule has 1 aromatic carbocycles. The van der Waals surface area contributed by atoms with Crippen LogP contribution in [0.3, 0.4) is 0 Å². The van der Waals surface area contributed by atoms with E-state index in [9.17, 15) is 18.8 Å². The maximum Gasteiger partial charge on any atom is 0.366 e. The Morgan fingerprint density at radius 3 is 2.67 bits per heavy atom. The fourth-order valence-electron chi connectivity index (χ4n) is 2.23. The van der Waals surface area contributed by atoms with Gasteiger partial charge in [0, 0.05) is 11.8 Å². The number of nitrogens with one attached hydrogen (secondary N) is 1. The van der Waals surface area contributed by atoms with Gasteiger partial charge in [-0.3, -0.25) is 9.78 Å². The Morgan fingerprint density at radius 2 is 2.04 bits per heavy atom. The van der Waals surface area contributed by atoms with Gasteiger partial charge in [0.15, 0.2) is 0 Å². The van der Waals surface area contributed by atoms with Crippen molar-refractivity contribution in [1.82, 2.24) is 10.3 Å². The molecular weight excluding hydrogens is 316 g/mol. The molecule has 24 heavy (non-hydrogen) atoms. The highest BCUT2D eigenvalue weighted by molar-refractivity contribution is 5.85. The fraction of sp³-hybridized carbons (Fsp3) is 0.235. The molecule has 5 nitrogen and oxygen atoms in total. The van der Waals surface area contributed by atoms with E-state index >= 15 is 0 Å². The number of para-hydroxylation sites is 1. The van der Waals surface area contributed by atoms with Gasteiger partial charge < -0.3 is 10.1 Å². The van der Waals surface area contributed by atoms with E-state index in [1.54, 1.807) is 24.3 Å². The van der Waals surface area contributed by atoms with Gasteiger partial charge in [-0.1, -0.05) is 24.3 Å². The Kier molecular flexibility index (Phi) is 5.09. The standard InChI is InChI=1S/C17H15F2N3O2/c1-11-6-5-9-21-15(11)17(18,19)16(23)22-13(10-20)12-7-3-4-8-14(12)24-2/h3-9,13H,1-2H3,(H,22,23)/t13-/m1/s1. The van der Waals surface area contributed by atoms with Crippen LogP contribution in [0.4, 0.5) is 8.78 Å². The number of nitriles is 1. The molecule has 2 aromatic rings. The van der Waals surface area contributed by atoms with Gasteiger partial charge in [0.25, 0.3) is 5.91 Å². The smallest absolute Gasteiger partial charge is 0.366 e. The van der Waals surface area contributed by atoms with E-state index < -0.39 is 23.6 Å². The number of aryl methyl sites for hydroxylation is 1. The van der Waals surface area contributed by atoms with Crippen molar-refractivity contribution in [2.45, 2.75) is 18.9 Å². The van der Waals surface area contributed by atoms with Crippen molar-refractivity contribution in [3.63, 3.8) is 0 Å². The van der Waals surface area contributed by atoms with Crippen LogP contribution in [0, 0.1) is 18.3 Å². The van der Waals surface area contributed by atoms with Gasteiger partial charge in [-0.25, -0.2) is 0 Å². The van der Waals surface area contributed by atoms with E-state index in [4.69, 9.17) is 4.74 Å². The zero-order chi connectivity index (χ0) is 17.7. The molecule has 1 amide bonds. The molecule has 0 radical (unpaired) electrons. The summed E-state index contributed by atoms with van der Waals surface area (Å²) in [6.45, 7) is 1.44. The highest BCUT2D eigenvalue weighted by atomic mass is 19.3. The Hall–Kier alpha value is -3.01. The molecule has 124 valence electrons. The minimum absolute atomic E-state index is 0.184. The maximum atomic E-state index is 14.4. The van der Waals surface area contributed by atoms with E-state index in [0.717, 1.165) is 0 Å². The first-order chi connectivity index (χ1) is 11.4. The summed E-state index contributed by atoms with van der Waals surface area (Å²) in [5, 5.41) is 11.3. The van der Waals surface area contributed by atoms with Crippen molar-refractivity contribution in [1.29, 1.82) is 5.26 Å². The molecule has 1 heterocycles. The van der Waals surface area contributed by atoms with E-state index in [-0.39, 0.29) is 5.56 Å². The largest absolute Gasteiger partial charge is 0.496 e. The molecule has 0 aliphatic rings. The molecule has 0 saturated heterocycles. The minimum atomic E-state index is -3.86. The third kappa shape index (κ3) is 3.33. The van der Waals surface area contributed by atoms with Gasteiger partial charge in [0.2, 0.25) is 0 Å². The summed E-state index contributed by atoms with van der Waals surface area (Å²) in [6, 6.07) is 9.85. The number of methoxy groups -OCH3 is 1. The maximum absolute atomic E-state index is 14.4. The van der Waals surface area contributed by atoms with Crippen molar-refractivity contribution in [2.75, 3.05) is 7.11 Å². The van der Waals surface area contributed by atoms with Crippen LogP contribution in [0.5, 0.6) is 5.75 Å². The number of hydrogen-bond acceptors (Lipinski definition) is 4. The highest BCUT2D eigenvalue weighted by Gasteiger charge is 2.44. The zero-order valence-electron chi connectivity index (χ0n) is 13.1. The molecule has 0 saturated carbocycles. The summed E-state index contributed by atoms with van der Waals surface area (Å²) in [7, 11) is 1.39. The lowest BCUT2D eigenvalue weighted by atomic mass is 10.0. The number of carbonyl (C=O) groups is 1. The monoisotopic (exact) mass is 331 g/mol. The third-order valence-electron chi connectivity index (χ3n) is 3.45. The van der Waals surface area contributed by atoms with Crippen LogP contribution in [0.25, 0.3) is 0 Å². The first kappa shape index (κ1) is 17.3.